The van der Waals surface area contributed by atoms with Crippen LogP contribution >= 0.6 is 0 Å². The Labute approximate surface area is 143 Å². The van der Waals surface area contributed by atoms with E-state index in [0.717, 1.165) is 43.9 Å². The number of amides is 1. The van der Waals surface area contributed by atoms with Crippen molar-refractivity contribution in [1.82, 2.24) is 14.7 Å². The number of rotatable bonds is 4. The van der Waals surface area contributed by atoms with Gasteiger partial charge in [0.05, 0.1) is 11.8 Å². The Morgan fingerprint density at radius 3 is 2.58 bits per heavy atom. The Hall–Kier alpha value is -2.30. The molecule has 1 unspecified atom stereocenters. The lowest BCUT2D eigenvalue weighted by Gasteiger charge is -2.42. The first-order valence-corrected chi connectivity index (χ1v) is 8.79. The number of anilines is 1. The van der Waals surface area contributed by atoms with Crippen molar-refractivity contribution in [3.8, 4) is 0 Å². The van der Waals surface area contributed by atoms with Gasteiger partial charge >= 0.3 is 0 Å². The standard InChI is InChI=1S/C19H26N4O/c1-4-16-14-21(17-9-7-6-8-10-17)11-12-22(16)19(24)18-13-20-23(5-2)15(18)3/h6-10,13,16H,4-5,11-12,14H2,1-3H3. The average Bonchev–Trinajstić information content (AvgIpc) is 3.02. The summed E-state index contributed by atoms with van der Waals surface area (Å²) in [6, 6.07) is 10.7. The fourth-order valence-corrected chi connectivity index (χ4v) is 3.48. The number of aromatic nitrogens is 2. The van der Waals surface area contributed by atoms with E-state index in [1.165, 1.54) is 5.69 Å². The Morgan fingerprint density at radius 1 is 1.21 bits per heavy atom. The van der Waals surface area contributed by atoms with E-state index in [0.29, 0.717) is 0 Å². The predicted molar refractivity (Wildman–Crippen MR) is 96.4 cm³/mol. The van der Waals surface area contributed by atoms with E-state index in [9.17, 15) is 4.79 Å². The highest BCUT2D eigenvalue weighted by atomic mass is 16.2. The van der Waals surface area contributed by atoms with Gasteiger partial charge in [-0.25, -0.2) is 0 Å². The molecule has 1 amide bonds. The summed E-state index contributed by atoms with van der Waals surface area (Å²) in [6.45, 7) is 9.47. The number of nitrogens with zero attached hydrogens (tertiary/aromatic N) is 4. The Bertz CT molecular complexity index is 695. The van der Waals surface area contributed by atoms with E-state index in [1.54, 1.807) is 6.20 Å². The highest BCUT2D eigenvalue weighted by molar-refractivity contribution is 5.95. The molecule has 0 aliphatic carbocycles. The van der Waals surface area contributed by atoms with Crippen molar-refractivity contribution in [3.63, 3.8) is 0 Å². The van der Waals surface area contributed by atoms with Crippen LogP contribution in [0.25, 0.3) is 0 Å². The van der Waals surface area contributed by atoms with Gasteiger partial charge in [-0.2, -0.15) is 5.10 Å². The molecular weight excluding hydrogens is 300 g/mol. The molecular formula is C19H26N4O. The average molecular weight is 326 g/mol. The monoisotopic (exact) mass is 326 g/mol. The van der Waals surface area contributed by atoms with Gasteiger partial charge in [0.25, 0.3) is 5.91 Å². The van der Waals surface area contributed by atoms with Gasteiger partial charge in [0.1, 0.15) is 0 Å². The van der Waals surface area contributed by atoms with Gasteiger partial charge in [0.2, 0.25) is 0 Å². The molecule has 3 rings (SSSR count). The van der Waals surface area contributed by atoms with Gasteiger partial charge in [-0.15, -0.1) is 0 Å². The van der Waals surface area contributed by atoms with Crippen LogP contribution in [0.1, 0.15) is 36.3 Å². The lowest BCUT2D eigenvalue weighted by molar-refractivity contribution is 0.0651. The van der Waals surface area contributed by atoms with Crippen LogP contribution in [0.15, 0.2) is 36.5 Å². The first kappa shape index (κ1) is 16.6. The first-order valence-electron chi connectivity index (χ1n) is 8.79. The van der Waals surface area contributed by atoms with Crippen LogP contribution in [-0.4, -0.2) is 46.3 Å². The number of hydrogen-bond acceptors (Lipinski definition) is 3. The fraction of sp³-hybridized carbons (Fsp3) is 0.474. The lowest BCUT2D eigenvalue weighted by atomic mass is 10.1. The van der Waals surface area contributed by atoms with Gasteiger partial charge in [0, 0.05) is 43.6 Å². The normalized spacial score (nSPS) is 18.0. The molecule has 0 radical (unpaired) electrons. The zero-order valence-electron chi connectivity index (χ0n) is 14.8. The summed E-state index contributed by atoms with van der Waals surface area (Å²) >= 11 is 0. The van der Waals surface area contributed by atoms with Crippen molar-refractivity contribution in [2.75, 3.05) is 24.5 Å². The van der Waals surface area contributed by atoms with E-state index in [4.69, 9.17) is 0 Å². The molecule has 2 aromatic rings. The van der Waals surface area contributed by atoms with Crippen molar-refractivity contribution in [1.29, 1.82) is 0 Å². The van der Waals surface area contributed by atoms with E-state index in [-0.39, 0.29) is 11.9 Å². The van der Waals surface area contributed by atoms with E-state index in [1.807, 2.05) is 29.5 Å². The molecule has 1 saturated heterocycles. The maximum Gasteiger partial charge on any atom is 0.257 e. The molecule has 1 atom stereocenters. The summed E-state index contributed by atoms with van der Waals surface area (Å²) in [5.41, 5.74) is 2.93. The van der Waals surface area contributed by atoms with Crippen molar-refractivity contribution in [2.24, 2.45) is 0 Å². The van der Waals surface area contributed by atoms with Gasteiger partial charge in [-0.05, 0) is 32.4 Å². The minimum Gasteiger partial charge on any atom is -0.368 e. The summed E-state index contributed by atoms with van der Waals surface area (Å²) in [5, 5.41) is 4.32. The van der Waals surface area contributed by atoms with Crippen LogP contribution in [0, 0.1) is 6.92 Å². The third-order valence-electron chi connectivity index (χ3n) is 4.97. The number of aryl methyl sites for hydroxylation is 1. The Kier molecular flexibility index (Phi) is 4.88. The van der Waals surface area contributed by atoms with Crippen LogP contribution in [0.4, 0.5) is 5.69 Å². The third-order valence-corrected chi connectivity index (χ3v) is 4.97. The van der Waals surface area contributed by atoms with Gasteiger partial charge in [-0.3, -0.25) is 9.48 Å². The summed E-state index contributed by atoms with van der Waals surface area (Å²) in [5.74, 6) is 0.117. The topological polar surface area (TPSA) is 41.4 Å². The molecule has 0 N–H and O–H groups in total. The van der Waals surface area contributed by atoms with Crippen LogP contribution in [0.5, 0.6) is 0 Å². The summed E-state index contributed by atoms with van der Waals surface area (Å²) in [4.78, 5) is 17.4. The maximum absolute atomic E-state index is 13.0. The number of piperazine rings is 1. The van der Waals surface area contributed by atoms with Crippen LogP contribution in [0.3, 0.4) is 0 Å². The van der Waals surface area contributed by atoms with Crippen molar-refractivity contribution < 1.29 is 4.79 Å². The molecule has 0 saturated carbocycles. The van der Waals surface area contributed by atoms with Crippen LogP contribution < -0.4 is 4.90 Å². The molecule has 2 heterocycles. The van der Waals surface area contributed by atoms with Gasteiger partial charge < -0.3 is 9.80 Å². The number of para-hydroxylation sites is 1. The smallest absolute Gasteiger partial charge is 0.257 e. The minimum absolute atomic E-state index is 0.117. The van der Waals surface area contributed by atoms with E-state index >= 15 is 0 Å². The number of carbonyl (C=O) groups excluding carboxylic acids is 1. The number of hydrogen-bond donors (Lipinski definition) is 0. The minimum atomic E-state index is 0.117. The molecule has 1 aromatic carbocycles. The number of carbonyl (C=O) groups is 1. The molecule has 1 aromatic heterocycles. The quantitative estimate of drug-likeness (QED) is 0.867. The number of benzene rings is 1. The van der Waals surface area contributed by atoms with Crippen molar-refractivity contribution in [3.05, 3.63) is 47.8 Å². The largest absolute Gasteiger partial charge is 0.368 e. The molecule has 128 valence electrons. The predicted octanol–water partition coefficient (Wildman–Crippen LogP) is 2.95. The highest BCUT2D eigenvalue weighted by Gasteiger charge is 2.31. The van der Waals surface area contributed by atoms with Gasteiger partial charge in [0.15, 0.2) is 0 Å². The lowest BCUT2D eigenvalue weighted by Crippen LogP contribution is -2.55. The molecule has 5 heteroatoms. The van der Waals surface area contributed by atoms with Crippen LogP contribution in [-0.2, 0) is 6.54 Å². The zero-order valence-corrected chi connectivity index (χ0v) is 14.8. The molecule has 1 aliphatic rings. The molecule has 1 fully saturated rings. The zero-order chi connectivity index (χ0) is 17.1. The first-order chi connectivity index (χ1) is 11.7. The molecule has 1 aliphatic heterocycles. The maximum atomic E-state index is 13.0. The SMILES string of the molecule is CCC1CN(c2ccccc2)CCN1C(=O)c1cnn(CC)c1C. The third kappa shape index (κ3) is 3.03. The second kappa shape index (κ2) is 7.07. The van der Waals surface area contributed by atoms with Gasteiger partial charge in [-0.1, -0.05) is 25.1 Å². The van der Waals surface area contributed by atoms with E-state index < -0.39 is 0 Å². The van der Waals surface area contributed by atoms with Crippen molar-refractivity contribution >= 4 is 11.6 Å². The molecule has 5 nitrogen and oxygen atoms in total. The Balaban J connectivity index is 1.77. The summed E-state index contributed by atoms with van der Waals surface area (Å²) in [7, 11) is 0. The molecule has 0 bridgehead atoms. The fourth-order valence-electron chi connectivity index (χ4n) is 3.48. The van der Waals surface area contributed by atoms with E-state index in [2.05, 4.69) is 41.2 Å². The summed E-state index contributed by atoms with van der Waals surface area (Å²) in [6.07, 6.45) is 2.67. The summed E-state index contributed by atoms with van der Waals surface area (Å²) < 4.78 is 1.88. The Morgan fingerprint density at radius 2 is 1.96 bits per heavy atom. The molecule has 0 spiro atoms. The highest BCUT2D eigenvalue weighted by Crippen LogP contribution is 2.22. The van der Waals surface area contributed by atoms with Crippen molar-refractivity contribution in [2.45, 2.75) is 39.8 Å². The second-order valence-electron chi connectivity index (χ2n) is 6.30. The molecule has 24 heavy (non-hydrogen) atoms. The second-order valence-corrected chi connectivity index (χ2v) is 6.30. The van der Waals surface area contributed by atoms with Crippen LogP contribution in [0.2, 0.25) is 0 Å².